The molecular formula is C28H34FN3O. The van der Waals surface area contributed by atoms with E-state index in [-0.39, 0.29) is 11.7 Å². The third-order valence-electron chi connectivity index (χ3n) is 5.22. The Hall–Kier alpha value is -3.60. The van der Waals surface area contributed by atoms with Crippen LogP contribution in [0, 0.1) is 19.7 Å². The number of allylic oxidation sites excluding steroid dienone is 3. The molecule has 0 saturated carbocycles. The molecule has 0 spiro atoms. The van der Waals surface area contributed by atoms with Crippen LogP contribution in [0.5, 0.6) is 0 Å². The summed E-state index contributed by atoms with van der Waals surface area (Å²) in [5.74, 6) is -0.417. The molecule has 0 atom stereocenters. The maximum absolute atomic E-state index is 14.4. The van der Waals surface area contributed by atoms with Gasteiger partial charge in [-0.15, -0.1) is 0 Å². The second kappa shape index (κ2) is 12.4. The number of carbonyl (C=O) groups is 1. The van der Waals surface area contributed by atoms with Crippen LogP contribution in [-0.4, -0.2) is 12.5 Å². The summed E-state index contributed by atoms with van der Waals surface area (Å²) in [5.41, 5.74) is 12.1. The number of anilines is 2. The van der Waals surface area contributed by atoms with Gasteiger partial charge in [0.25, 0.3) is 5.91 Å². The zero-order valence-corrected chi connectivity index (χ0v) is 19.8. The summed E-state index contributed by atoms with van der Waals surface area (Å²) < 4.78 is 14.4. The van der Waals surface area contributed by atoms with Gasteiger partial charge in [0.2, 0.25) is 0 Å². The van der Waals surface area contributed by atoms with Gasteiger partial charge < -0.3 is 16.4 Å². The van der Waals surface area contributed by atoms with Gasteiger partial charge in [-0.25, -0.2) is 4.39 Å². The van der Waals surface area contributed by atoms with E-state index in [4.69, 9.17) is 5.73 Å². The van der Waals surface area contributed by atoms with Crippen LogP contribution in [0.1, 0.15) is 42.0 Å². The van der Waals surface area contributed by atoms with E-state index in [1.54, 1.807) is 30.4 Å². The molecule has 4 N–H and O–H groups in total. The number of benzene rings is 2. The summed E-state index contributed by atoms with van der Waals surface area (Å²) in [6.07, 6.45) is 9.32. The predicted molar refractivity (Wildman–Crippen MR) is 138 cm³/mol. The second-order valence-electron chi connectivity index (χ2n) is 8.03. The van der Waals surface area contributed by atoms with Crippen LogP contribution in [-0.2, 0) is 11.2 Å². The monoisotopic (exact) mass is 447 g/mol. The van der Waals surface area contributed by atoms with E-state index >= 15 is 0 Å². The van der Waals surface area contributed by atoms with Gasteiger partial charge in [-0.2, -0.15) is 0 Å². The Balaban J connectivity index is 2.08. The van der Waals surface area contributed by atoms with Crippen LogP contribution in [0.3, 0.4) is 0 Å². The van der Waals surface area contributed by atoms with Crippen molar-refractivity contribution in [3.05, 3.63) is 101 Å². The highest BCUT2D eigenvalue weighted by atomic mass is 19.1. The molecule has 4 nitrogen and oxygen atoms in total. The fourth-order valence-corrected chi connectivity index (χ4v) is 3.62. The smallest absolute Gasteiger partial charge is 0.250 e. The standard InChI is InChI=1S/C28H34FN3O/c1-6-8-11-22(7-2)28(33)31-15-10-9-12-23-16-20(4)18-26(27(23)21(5)30)32-25-14-13-19(3)17-24(25)29/h6-8,11,13-14,16-18,32H,1,5,9-10,12,15,30H2,2-4H3,(H,31,33)/b11-8-,22-7+. The van der Waals surface area contributed by atoms with Crippen molar-refractivity contribution in [2.45, 2.75) is 40.0 Å². The molecule has 2 aromatic carbocycles. The highest BCUT2D eigenvalue weighted by molar-refractivity contribution is 5.96. The Labute approximate surface area is 196 Å². The fourth-order valence-electron chi connectivity index (χ4n) is 3.62. The van der Waals surface area contributed by atoms with E-state index in [0.29, 0.717) is 23.5 Å². The maximum atomic E-state index is 14.4. The van der Waals surface area contributed by atoms with Crippen molar-refractivity contribution in [2.75, 3.05) is 11.9 Å². The Morgan fingerprint density at radius 2 is 1.88 bits per heavy atom. The third kappa shape index (κ3) is 7.49. The minimum atomic E-state index is -0.314. The number of nitrogens with two attached hydrogens (primary N) is 1. The molecule has 0 unspecified atom stereocenters. The number of aryl methyl sites for hydroxylation is 3. The molecule has 0 aromatic heterocycles. The van der Waals surface area contributed by atoms with Gasteiger partial charge in [0.05, 0.1) is 5.69 Å². The molecular weight excluding hydrogens is 413 g/mol. The zero-order chi connectivity index (χ0) is 24.4. The quantitative estimate of drug-likeness (QED) is 0.217. The molecule has 0 aliphatic heterocycles. The first-order chi connectivity index (χ1) is 15.8. The van der Waals surface area contributed by atoms with Crippen molar-refractivity contribution in [1.29, 1.82) is 0 Å². The van der Waals surface area contributed by atoms with Gasteiger partial charge in [-0.3, -0.25) is 4.79 Å². The van der Waals surface area contributed by atoms with E-state index < -0.39 is 0 Å². The van der Waals surface area contributed by atoms with Crippen LogP contribution in [0.15, 0.2) is 73.4 Å². The Bertz CT molecular complexity index is 1080. The van der Waals surface area contributed by atoms with Crippen LogP contribution < -0.4 is 16.4 Å². The highest BCUT2D eigenvalue weighted by Gasteiger charge is 2.14. The zero-order valence-electron chi connectivity index (χ0n) is 19.8. The SMILES string of the molecule is C=C/C=C\C(=C/C)C(=O)NCCCCc1cc(C)cc(Nc2ccc(C)cc2F)c1C(=C)N. The van der Waals surface area contributed by atoms with Gasteiger partial charge in [-0.1, -0.05) is 43.5 Å². The van der Waals surface area contributed by atoms with Crippen molar-refractivity contribution in [2.24, 2.45) is 5.73 Å². The second-order valence-corrected chi connectivity index (χ2v) is 8.03. The highest BCUT2D eigenvalue weighted by Crippen LogP contribution is 2.31. The van der Waals surface area contributed by atoms with Gasteiger partial charge in [-0.05, 0) is 81.0 Å². The molecule has 0 aliphatic rings. The summed E-state index contributed by atoms with van der Waals surface area (Å²) in [5, 5.41) is 6.13. The van der Waals surface area contributed by atoms with E-state index in [2.05, 4.69) is 29.9 Å². The van der Waals surface area contributed by atoms with Crippen molar-refractivity contribution in [3.63, 3.8) is 0 Å². The number of carbonyl (C=O) groups excluding carboxylic acids is 1. The lowest BCUT2D eigenvalue weighted by Crippen LogP contribution is -2.25. The van der Waals surface area contributed by atoms with Crippen molar-refractivity contribution in [1.82, 2.24) is 5.32 Å². The molecule has 2 rings (SSSR count). The molecule has 1 amide bonds. The molecule has 0 saturated heterocycles. The average molecular weight is 448 g/mol. The molecule has 174 valence electrons. The summed E-state index contributed by atoms with van der Waals surface area (Å²) in [7, 11) is 0. The number of nitrogens with one attached hydrogen (secondary N) is 2. The van der Waals surface area contributed by atoms with Crippen LogP contribution in [0.2, 0.25) is 0 Å². The molecule has 2 aromatic rings. The van der Waals surface area contributed by atoms with Crippen LogP contribution in [0.4, 0.5) is 15.8 Å². The first-order valence-electron chi connectivity index (χ1n) is 11.1. The predicted octanol–water partition coefficient (Wildman–Crippen LogP) is 6.24. The topological polar surface area (TPSA) is 67.2 Å². The van der Waals surface area contributed by atoms with Crippen molar-refractivity contribution in [3.8, 4) is 0 Å². The molecule has 0 fully saturated rings. The summed E-state index contributed by atoms with van der Waals surface area (Å²) in [6.45, 7) is 13.8. The molecule has 33 heavy (non-hydrogen) atoms. The van der Waals surface area contributed by atoms with Crippen LogP contribution >= 0.6 is 0 Å². The summed E-state index contributed by atoms with van der Waals surface area (Å²) in [4.78, 5) is 12.2. The van der Waals surface area contributed by atoms with Gasteiger partial charge in [0, 0.05) is 29.1 Å². The number of hydrogen-bond donors (Lipinski definition) is 3. The van der Waals surface area contributed by atoms with Gasteiger partial charge in [0.1, 0.15) is 5.82 Å². The summed E-state index contributed by atoms with van der Waals surface area (Å²) >= 11 is 0. The average Bonchev–Trinajstić information content (AvgIpc) is 2.75. The first-order valence-corrected chi connectivity index (χ1v) is 11.1. The lowest BCUT2D eigenvalue weighted by molar-refractivity contribution is -0.117. The normalized spacial score (nSPS) is 11.5. The number of unbranched alkanes of at least 4 members (excludes halogenated alkanes) is 1. The largest absolute Gasteiger partial charge is 0.399 e. The Morgan fingerprint density at radius 1 is 1.12 bits per heavy atom. The van der Waals surface area contributed by atoms with Gasteiger partial charge in [0.15, 0.2) is 0 Å². The Kier molecular flexibility index (Phi) is 9.67. The minimum Gasteiger partial charge on any atom is -0.399 e. The lowest BCUT2D eigenvalue weighted by atomic mass is 9.95. The van der Waals surface area contributed by atoms with E-state index in [1.807, 2.05) is 32.9 Å². The van der Waals surface area contributed by atoms with E-state index in [9.17, 15) is 9.18 Å². The molecule has 0 aliphatic carbocycles. The molecule has 0 heterocycles. The molecule has 0 radical (unpaired) electrons. The van der Waals surface area contributed by atoms with E-state index in [0.717, 1.165) is 47.2 Å². The number of halogens is 1. The molecule has 5 heteroatoms. The number of hydrogen-bond acceptors (Lipinski definition) is 3. The number of amides is 1. The van der Waals surface area contributed by atoms with Gasteiger partial charge >= 0.3 is 0 Å². The summed E-state index contributed by atoms with van der Waals surface area (Å²) in [6, 6.07) is 9.12. The minimum absolute atomic E-state index is 0.103. The third-order valence-corrected chi connectivity index (χ3v) is 5.22. The van der Waals surface area contributed by atoms with Crippen molar-refractivity contribution >= 4 is 23.0 Å². The fraction of sp³-hybridized carbons (Fsp3) is 0.250. The first kappa shape index (κ1) is 25.7. The maximum Gasteiger partial charge on any atom is 0.250 e. The Morgan fingerprint density at radius 3 is 2.52 bits per heavy atom. The number of rotatable bonds is 11. The lowest BCUT2D eigenvalue weighted by Gasteiger charge is -2.18. The van der Waals surface area contributed by atoms with E-state index in [1.165, 1.54) is 6.07 Å². The molecule has 0 bridgehead atoms. The van der Waals surface area contributed by atoms with Crippen LogP contribution in [0.25, 0.3) is 5.70 Å². The van der Waals surface area contributed by atoms with Crippen molar-refractivity contribution < 1.29 is 9.18 Å².